The molecule has 10 nitrogen and oxygen atoms in total. The molecule has 204 valence electrons. The Morgan fingerprint density at radius 2 is 1.95 bits per heavy atom. The highest BCUT2D eigenvalue weighted by Crippen LogP contribution is 2.33. The predicted molar refractivity (Wildman–Crippen MR) is 130 cm³/mol. The second-order valence-electron chi connectivity index (χ2n) is 7.96. The van der Waals surface area contributed by atoms with Gasteiger partial charge in [0.15, 0.2) is 22.7 Å². The van der Waals surface area contributed by atoms with E-state index in [2.05, 4.69) is 21.4 Å². The van der Waals surface area contributed by atoms with Gasteiger partial charge in [0.2, 0.25) is 0 Å². The third-order valence-corrected chi connectivity index (χ3v) is 5.62. The van der Waals surface area contributed by atoms with E-state index in [1.165, 1.54) is 11.1 Å². The normalized spacial score (nSPS) is 14.0. The number of carbonyl (C=O) groups is 3. The Hall–Kier alpha value is -3.97. The van der Waals surface area contributed by atoms with Crippen molar-refractivity contribution >= 4 is 36.0 Å². The van der Waals surface area contributed by atoms with Crippen molar-refractivity contribution in [2.45, 2.75) is 32.0 Å². The van der Waals surface area contributed by atoms with E-state index >= 15 is 0 Å². The van der Waals surface area contributed by atoms with Crippen molar-refractivity contribution in [3.05, 3.63) is 76.3 Å². The number of hydrogen-bond acceptors (Lipinski definition) is 8. The molecule has 1 atom stereocenters. The Kier molecular flexibility index (Phi) is 9.59. The Balaban J connectivity index is 0.000000263. The topological polar surface area (TPSA) is 146 Å². The first-order valence-corrected chi connectivity index (χ1v) is 10.8. The second kappa shape index (κ2) is 12.0. The van der Waals surface area contributed by atoms with E-state index in [1.807, 2.05) is 19.1 Å². The lowest BCUT2D eigenvalue weighted by molar-refractivity contribution is -0.141. The number of nitrogens with zero attached hydrogens (tertiary/aromatic N) is 3. The monoisotopic (exact) mass is 556 g/mol. The van der Waals surface area contributed by atoms with E-state index in [0.29, 0.717) is 16.1 Å². The minimum absolute atomic E-state index is 0. The molecule has 14 heteroatoms. The number of alkyl halides is 3. The van der Waals surface area contributed by atoms with Crippen LogP contribution in [0.2, 0.25) is 0 Å². The summed E-state index contributed by atoms with van der Waals surface area (Å²) in [5.74, 6) is -2.81. The number of carboxylic acids is 1. The number of fused-ring (bicyclic) bond motifs is 2. The van der Waals surface area contributed by atoms with Crippen molar-refractivity contribution in [1.82, 2.24) is 14.6 Å². The summed E-state index contributed by atoms with van der Waals surface area (Å²) in [5.41, 5.74) is 7.23. The molecule has 3 aromatic rings. The highest BCUT2D eigenvalue weighted by Gasteiger charge is 2.35. The zero-order valence-corrected chi connectivity index (χ0v) is 21.1. The van der Waals surface area contributed by atoms with Crippen LogP contribution in [0.4, 0.5) is 13.2 Å². The number of rotatable bonds is 5. The van der Waals surface area contributed by atoms with Crippen LogP contribution in [0.15, 0.2) is 36.9 Å². The van der Waals surface area contributed by atoms with Gasteiger partial charge in [-0.2, -0.15) is 18.3 Å². The SMILES string of the molecule is C=CCOC(=O)c1ccc2c(c1C)CC[C@@H]2N.COC(=O)c1cc(C(=O)O)n2nc(C(F)(F)F)cc2n1.Cl. The molecule has 0 unspecified atom stereocenters. The highest BCUT2D eigenvalue weighted by atomic mass is 35.5. The lowest BCUT2D eigenvalue weighted by Crippen LogP contribution is -2.13. The molecular weight excluding hydrogens is 533 g/mol. The summed E-state index contributed by atoms with van der Waals surface area (Å²) in [4.78, 5) is 37.7. The molecule has 1 aromatic carbocycles. The molecule has 0 aliphatic heterocycles. The van der Waals surface area contributed by atoms with E-state index in [1.54, 1.807) is 6.08 Å². The van der Waals surface area contributed by atoms with Gasteiger partial charge >= 0.3 is 24.1 Å². The molecule has 1 aliphatic rings. The van der Waals surface area contributed by atoms with Crippen molar-refractivity contribution in [3.8, 4) is 0 Å². The summed E-state index contributed by atoms with van der Waals surface area (Å²) >= 11 is 0. The number of halogens is 4. The Labute approximate surface area is 220 Å². The zero-order chi connectivity index (χ0) is 27.5. The smallest absolute Gasteiger partial charge is 0.435 e. The molecule has 0 fully saturated rings. The van der Waals surface area contributed by atoms with E-state index in [-0.39, 0.29) is 31.0 Å². The van der Waals surface area contributed by atoms with Gasteiger partial charge in [0.05, 0.1) is 12.7 Å². The minimum Gasteiger partial charge on any atom is -0.477 e. The molecular formula is C24H24ClF3N4O6. The lowest BCUT2D eigenvalue weighted by Gasteiger charge is -2.11. The molecule has 0 saturated carbocycles. The van der Waals surface area contributed by atoms with Gasteiger partial charge in [0, 0.05) is 18.2 Å². The summed E-state index contributed by atoms with van der Waals surface area (Å²) in [6.07, 6.45) is -1.28. The fourth-order valence-electron chi connectivity index (χ4n) is 3.82. The second-order valence-corrected chi connectivity index (χ2v) is 7.96. The van der Waals surface area contributed by atoms with Crippen molar-refractivity contribution in [3.63, 3.8) is 0 Å². The lowest BCUT2D eigenvalue weighted by atomic mass is 9.98. The third kappa shape index (κ3) is 6.29. The van der Waals surface area contributed by atoms with Gasteiger partial charge in [-0.25, -0.2) is 23.9 Å². The van der Waals surface area contributed by atoms with Crippen LogP contribution in [0.3, 0.4) is 0 Å². The first-order valence-electron chi connectivity index (χ1n) is 10.8. The number of aromatic carboxylic acids is 1. The van der Waals surface area contributed by atoms with Gasteiger partial charge in [0.25, 0.3) is 0 Å². The standard InChI is InChI=1S/C14H17NO2.C10H6F3N3O4.ClH/c1-3-8-17-14(16)11-4-5-12-10(9(11)2)6-7-13(12)15;1-20-9(19)4-2-5(8(17)18)16-7(14-4)3-6(15-16)10(11,12)13;/h3-5,13H,1,6-8,15H2,2H3;2-3H,1H3,(H,17,18);1H/t13-;;/m0../s1. The summed E-state index contributed by atoms with van der Waals surface area (Å²) < 4.78 is 47.5. The molecule has 0 amide bonds. The summed E-state index contributed by atoms with van der Waals surface area (Å²) in [6.45, 7) is 5.73. The zero-order valence-electron chi connectivity index (χ0n) is 20.2. The van der Waals surface area contributed by atoms with E-state index < -0.39 is 40.8 Å². The molecule has 0 radical (unpaired) electrons. The molecule has 1 aliphatic carbocycles. The van der Waals surface area contributed by atoms with Crippen LogP contribution in [0.5, 0.6) is 0 Å². The first-order chi connectivity index (χ1) is 17.4. The number of ether oxygens (including phenoxy) is 2. The third-order valence-electron chi connectivity index (χ3n) is 5.62. The van der Waals surface area contributed by atoms with Crippen molar-refractivity contribution in [1.29, 1.82) is 0 Å². The molecule has 0 spiro atoms. The molecule has 38 heavy (non-hydrogen) atoms. The number of carboxylic acid groups (broad SMARTS) is 1. The number of nitrogens with two attached hydrogens (primary N) is 1. The minimum atomic E-state index is -4.76. The number of esters is 2. The number of hydrogen-bond donors (Lipinski definition) is 2. The maximum Gasteiger partial charge on any atom is 0.435 e. The fraction of sp³-hybridized carbons (Fsp3) is 0.292. The van der Waals surface area contributed by atoms with Crippen molar-refractivity contribution in [2.75, 3.05) is 13.7 Å². The van der Waals surface area contributed by atoms with Gasteiger partial charge in [-0.3, -0.25) is 0 Å². The summed E-state index contributed by atoms with van der Waals surface area (Å²) in [7, 11) is 1.03. The van der Waals surface area contributed by atoms with E-state index in [0.717, 1.165) is 31.6 Å². The van der Waals surface area contributed by atoms with Gasteiger partial charge in [-0.05, 0) is 42.5 Å². The number of carbonyl (C=O) groups excluding carboxylic acids is 2. The van der Waals surface area contributed by atoms with Crippen molar-refractivity contribution in [2.24, 2.45) is 5.73 Å². The predicted octanol–water partition coefficient (Wildman–Crippen LogP) is 3.94. The van der Waals surface area contributed by atoms with Crippen LogP contribution in [-0.4, -0.2) is 51.3 Å². The summed E-state index contributed by atoms with van der Waals surface area (Å²) in [5, 5.41) is 12.1. The average molecular weight is 557 g/mol. The van der Waals surface area contributed by atoms with Gasteiger partial charge in [-0.15, -0.1) is 12.4 Å². The van der Waals surface area contributed by atoms with Crippen LogP contribution in [0.1, 0.15) is 66.2 Å². The number of methoxy groups -OCH3 is 1. The highest BCUT2D eigenvalue weighted by molar-refractivity contribution is 5.93. The quantitative estimate of drug-likeness (QED) is 0.352. The van der Waals surface area contributed by atoms with Crippen LogP contribution in [0.25, 0.3) is 5.65 Å². The van der Waals surface area contributed by atoms with E-state index in [9.17, 15) is 27.6 Å². The average Bonchev–Trinajstić information content (AvgIpc) is 3.46. The Bertz CT molecular complexity index is 1390. The molecule has 4 rings (SSSR count). The molecule has 2 aromatic heterocycles. The number of aromatic nitrogens is 3. The molecule has 2 heterocycles. The summed E-state index contributed by atoms with van der Waals surface area (Å²) in [6, 6.07) is 5.20. The fourth-order valence-corrected chi connectivity index (χ4v) is 3.82. The molecule has 0 bridgehead atoms. The van der Waals surface area contributed by atoms with Crippen LogP contribution in [0, 0.1) is 6.92 Å². The first kappa shape index (κ1) is 30.3. The van der Waals surface area contributed by atoms with Crippen LogP contribution >= 0.6 is 12.4 Å². The largest absolute Gasteiger partial charge is 0.477 e. The maximum absolute atomic E-state index is 12.5. The molecule has 0 saturated heterocycles. The Morgan fingerprint density at radius 3 is 2.53 bits per heavy atom. The van der Waals surface area contributed by atoms with Gasteiger partial charge < -0.3 is 20.3 Å². The van der Waals surface area contributed by atoms with Gasteiger partial charge in [0.1, 0.15) is 6.61 Å². The van der Waals surface area contributed by atoms with Gasteiger partial charge in [-0.1, -0.05) is 18.7 Å². The van der Waals surface area contributed by atoms with Crippen molar-refractivity contribution < 1.29 is 42.1 Å². The van der Waals surface area contributed by atoms with Crippen LogP contribution in [-0.2, 0) is 22.1 Å². The van der Waals surface area contributed by atoms with Crippen LogP contribution < -0.4 is 5.73 Å². The maximum atomic E-state index is 12.5. The molecule has 3 N–H and O–H groups in total. The van der Waals surface area contributed by atoms with E-state index in [4.69, 9.17) is 15.6 Å². The Morgan fingerprint density at radius 1 is 1.26 bits per heavy atom. The number of benzene rings is 1.